The first kappa shape index (κ1) is 17.7. The Labute approximate surface area is 171 Å². The second-order valence-electron chi connectivity index (χ2n) is 6.85. The first-order valence-corrected chi connectivity index (χ1v) is 10.3. The number of pyridine rings is 2. The zero-order valence-electron chi connectivity index (χ0n) is 15.7. The number of fused-ring (bicyclic) bond motifs is 1. The molecule has 0 aromatic carbocycles. The summed E-state index contributed by atoms with van der Waals surface area (Å²) in [6, 6.07) is 7.64. The largest absolute Gasteiger partial charge is 0.345 e. The van der Waals surface area contributed by atoms with Crippen molar-refractivity contribution in [3.8, 4) is 0 Å². The molecule has 29 heavy (non-hydrogen) atoms. The van der Waals surface area contributed by atoms with E-state index in [1.54, 1.807) is 30.1 Å². The minimum Gasteiger partial charge on any atom is -0.345 e. The number of thiazole rings is 1. The topological polar surface area (TPSA) is 80.0 Å². The van der Waals surface area contributed by atoms with Crippen LogP contribution in [0.15, 0.2) is 54.6 Å². The molecule has 4 aromatic heterocycles. The fourth-order valence-corrected chi connectivity index (χ4v) is 4.20. The van der Waals surface area contributed by atoms with Crippen LogP contribution in [0.1, 0.15) is 16.1 Å². The molecule has 0 N–H and O–H groups in total. The van der Waals surface area contributed by atoms with E-state index in [0.717, 1.165) is 29.6 Å². The summed E-state index contributed by atoms with van der Waals surface area (Å²) in [7, 11) is 0. The van der Waals surface area contributed by atoms with E-state index in [-0.39, 0.29) is 5.91 Å². The summed E-state index contributed by atoms with van der Waals surface area (Å²) in [5.41, 5.74) is 2.98. The average Bonchev–Trinajstić information content (AvgIpc) is 3.44. The van der Waals surface area contributed by atoms with E-state index in [1.165, 1.54) is 0 Å². The summed E-state index contributed by atoms with van der Waals surface area (Å²) in [4.78, 5) is 34.7. The highest BCUT2D eigenvalue weighted by atomic mass is 32.1. The van der Waals surface area contributed by atoms with Gasteiger partial charge in [0.1, 0.15) is 5.52 Å². The Morgan fingerprint density at radius 3 is 2.69 bits per heavy atom. The Morgan fingerprint density at radius 2 is 1.93 bits per heavy atom. The van der Waals surface area contributed by atoms with Crippen molar-refractivity contribution >= 4 is 33.5 Å². The summed E-state index contributed by atoms with van der Waals surface area (Å²) in [6.07, 6.45) is 6.97. The molecule has 5 rings (SSSR count). The minimum absolute atomic E-state index is 0.00235. The van der Waals surface area contributed by atoms with Crippen LogP contribution in [0.5, 0.6) is 0 Å². The third-order valence-corrected chi connectivity index (χ3v) is 5.85. The van der Waals surface area contributed by atoms with Crippen LogP contribution >= 0.6 is 11.3 Å². The molecule has 1 saturated heterocycles. The number of hydrogen-bond acceptors (Lipinski definition) is 7. The second-order valence-corrected chi connectivity index (χ2v) is 7.73. The minimum atomic E-state index is -0.00235. The van der Waals surface area contributed by atoms with Crippen molar-refractivity contribution in [3.63, 3.8) is 0 Å². The van der Waals surface area contributed by atoms with Crippen molar-refractivity contribution in [3.05, 3.63) is 65.8 Å². The monoisotopic (exact) mass is 405 g/mol. The highest BCUT2D eigenvalue weighted by Gasteiger charge is 2.24. The molecule has 0 atom stereocenters. The SMILES string of the molecule is O=C(c1cnc2c(c1)ncn2Cc1ccccn1)N1CCN(c2nccs2)CC1. The second kappa shape index (κ2) is 7.59. The molecule has 8 nitrogen and oxygen atoms in total. The molecule has 0 spiro atoms. The van der Waals surface area contributed by atoms with E-state index in [2.05, 4.69) is 24.8 Å². The van der Waals surface area contributed by atoms with Gasteiger partial charge in [-0.2, -0.15) is 0 Å². The summed E-state index contributed by atoms with van der Waals surface area (Å²) in [5, 5.41) is 2.99. The molecule has 0 radical (unpaired) electrons. The average molecular weight is 405 g/mol. The number of aromatic nitrogens is 5. The molecule has 1 aliphatic heterocycles. The van der Waals surface area contributed by atoms with E-state index >= 15 is 0 Å². The number of amides is 1. The third kappa shape index (κ3) is 3.56. The zero-order chi connectivity index (χ0) is 19.6. The zero-order valence-corrected chi connectivity index (χ0v) is 16.5. The quantitative estimate of drug-likeness (QED) is 0.518. The number of carbonyl (C=O) groups excluding carboxylic acids is 1. The Hall–Kier alpha value is -3.33. The van der Waals surface area contributed by atoms with Gasteiger partial charge < -0.3 is 14.4 Å². The van der Waals surface area contributed by atoms with E-state index in [9.17, 15) is 4.79 Å². The first-order valence-electron chi connectivity index (χ1n) is 9.42. The Kier molecular flexibility index (Phi) is 4.65. The van der Waals surface area contributed by atoms with Crippen LogP contribution in [0.3, 0.4) is 0 Å². The number of carbonyl (C=O) groups is 1. The standard InChI is InChI=1S/C20H19N7OS/c28-19(25-6-8-26(9-7-25)20-22-5-10-29-20)15-11-17-18(23-12-15)27(14-24-17)13-16-3-1-2-4-21-16/h1-5,10-12,14H,6-9,13H2. The van der Waals surface area contributed by atoms with Crippen molar-refractivity contribution in [2.75, 3.05) is 31.1 Å². The van der Waals surface area contributed by atoms with Crippen molar-refractivity contribution in [2.45, 2.75) is 6.54 Å². The fourth-order valence-electron chi connectivity index (χ4n) is 3.50. The summed E-state index contributed by atoms with van der Waals surface area (Å²) in [6.45, 7) is 3.51. The van der Waals surface area contributed by atoms with Gasteiger partial charge >= 0.3 is 0 Å². The van der Waals surface area contributed by atoms with Crippen molar-refractivity contribution in [1.29, 1.82) is 0 Å². The van der Waals surface area contributed by atoms with E-state index in [4.69, 9.17) is 0 Å². The highest BCUT2D eigenvalue weighted by molar-refractivity contribution is 7.13. The van der Waals surface area contributed by atoms with Crippen LogP contribution in [0, 0.1) is 0 Å². The van der Waals surface area contributed by atoms with Gasteiger partial charge in [0.2, 0.25) is 0 Å². The summed E-state index contributed by atoms with van der Waals surface area (Å²) >= 11 is 1.63. The van der Waals surface area contributed by atoms with Crippen LogP contribution in [0.25, 0.3) is 11.2 Å². The number of nitrogens with zero attached hydrogens (tertiary/aromatic N) is 7. The Morgan fingerprint density at radius 1 is 1.03 bits per heavy atom. The number of imidazole rings is 1. The maximum Gasteiger partial charge on any atom is 0.255 e. The number of piperazine rings is 1. The number of anilines is 1. The van der Waals surface area contributed by atoms with Crippen LogP contribution < -0.4 is 4.90 Å². The van der Waals surface area contributed by atoms with Gasteiger partial charge in [-0.05, 0) is 18.2 Å². The number of hydrogen-bond donors (Lipinski definition) is 0. The predicted octanol–water partition coefficient (Wildman–Crippen LogP) is 2.29. The van der Waals surface area contributed by atoms with Gasteiger partial charge in [-0.15, -0.1) is 11.3 Å². The first-order chi connectivity index (χ1) is 14.3. The van der Waals surface area contributed by atoms with Crippen LogP contribution in [-0.2, 0) is 6.54 Å². The van der Waals surface area contributed by atoms with Gasteiger partial charge in [-0.3, -0.25) is 9.78 Å². The molecule has 0 saturated carbocycles. The molecule has 146 valence electrons. The molecule has 0 aliphatic carbocycles. The Balaban J connectivity index is 1.30. The van der Waals surface area contributed by atoms with Crippen LogP contribution in [-0.4, -0.2) is 61.5 Å². The molecule has 1 fully saturated rings. The molecule has 9 heteroatoms. The molecule has 5 heterocycles. The predicted molar refractivity (Wildman–Crippen MR) is 111 cm³/mol. The lowest BCUT2D eigenvalue weighted by molar-refractivity contribution is 0.0746. The lowest BCUT2D eigenvalue weighted by Gasteiger charge is -2.34. The maximum atomic E-state index is 12.9. The number of rotatable bonds is 4. The van der Waals surface area contributed by atoms with Crippen molar-refractivity contribution in [1.82, 2.24) is 29.4 Å². The molecule has 1 amide bonds. The van der Waals surface area contributed by atoms with E-state index < -0.39 is 0 Å². The fraction of sp³-hybridized carbons (Fsp3) is 0.250. The van der Waals surface area contributed by atoms with Gasteiger partial charge in [0, 0.05) is 50.1 Å². The van der Waals surface area contributed by atoms with Gasteiger partial charge in [-0.25, -0.2) is 15.0 Å². The highest BCUT2D eigenvalue weighted by Crippen LogP contribution is 2.20. The van der Waals surface area contributed by atoms with E-state index in [0.29, 0.717) is 30.7 Å². The van der Waals surface area contributed by atoms with Crippen LogP contribution in [0.2, 0.25) is 0 Å². The molecular weight excluding hydrogens is 386 g/mol. The molecular formula is C20H19N7OS. The van der Waals surface area contributed by atoms with Gasteiger partial charge in [0.05, 0.1) is 24.1 Å². The lowest BCUT2D eigenvalue weighted by Crippen LogP contribution is -2.48. The van der Waals surface area contributed by atoms with Gasteiger partial charge in [-0.1, -0.05) is 6.07 Å². The van der Waals surface area contributed by atoms with E-state index in [1.807, 2.05) is 45.3 Å². The smallest absolute Gasteiger partial charge is 0.255 e. The van der Waals surface area contributed by atoms with Crippen LogP contribution in [0.4, 0.5) is 5.13 Å². The molecule has 1 aliphatic rings. The normalized spacial score (nSPS) is 14.5. The lowest BCUT2D eigenvalue weighted by atomic mass is 10.2. The maximum absolute atomic E-state index is 12.9. The van der Waals surface area contributed by atoms with Gasteiger partial charge in [0.15, 0.2) is 10.8 Å². The third-order valence-electron chi connectivity index (χ3n) is 5.02. The molecule has 0 bridgehead atoms. The summed E-state index contributed by atoms with van der Waals surface area (Å²) < 4.78 is 1.94. The van der Waals surface area contributed by atoms with Crippen molar-refractivity contribution < 1.29 is 4.79 Å². The van der Waals surface area contributed by atoms with Gasteiger partial charge in [0.25, 0.3) is 5.91 Å². The molecule has 4 aromatic rings. The molecule has 0 unspecified atom stereocenters. The summed E-state index contributed by atoms with van der Waals surface area (Å²) in [5.74, 6) is -0.00235. The van der Waals surface area contributed by atoms with Crippen molar-refractivity contribution in [2.24, 2.45) is 0 Å². The Bertz CT molecular complexity index is 1120.